The standard InChI is InChI=1S/C20H26N2O5/c1-19(2,3)26-17(24)22(18(25)27-20(4,5)6)16-10-7-13-11-14(21-12-23)8-9-15(13)16/h8-9,11,16H,7,10H2,1-6H3/t16-/m0/s1. The van der Waals surface area contributed by atoms with Crippen molar-refractivity contribution in [1.29, 1.82) is 0 Å². The third-order valence-electron chi connectivity index (χ3n) is 3.84. The zero-order valence-electron chi connectivity index (χ0n) is 16.7. The number of nitrogens with zero attached hydrogens (tertiary/aromatic N) is 2. The van der Waals surface area contributed by atoms with E-state index in [1.54, 1.807) is 59.7 Å². The Bertz CT molecular complexity index is 755. The minimum absolute atomic E-state index is 0.491. The fourth-order valence-corrected chi connectivity index (χ4v) is 2.92. The van der Waals surface area contributed by atoms with E-state index in [1.165, 1.54) is 6.08 Å². The fourth-order valence-electron chi connectivity index (χ4n) is 2.92. The number of ether oxygens (including phenoxy) is 2. The number of imide groups is 1. The Morgan fingerprint density at radius 3 is 2.11 bits per heavy atom. The number of fused-ring (bicyclic) bond motifs is 1. The highest BCUT2D eigenvalue weighted by Crippen LogP contribution is 2.39. The van der Waals surface area contributed by atoms with Gasteiger partial charge in [0.1, 0.15) is 11.2 Å². The Balaban J connectivity index is 2.39. The molecule has 0 aromatic heterocycles. The normalized spacial score (nSPS) is 16.1. The Labute approximate surface area is 159 Å². The van der Waals surface area contributed by atoms with E-state index in [-0.39, 0.29) is 0 Å². The van der Waals surface area contributed by atoms with Crippen molar-refractivity contribution < 1.29 is 23.9 Å². The van der Waals surface area contributed by atoms with E-state index in [0.29, 0.717) is 18.5 Å². The van der Waals surface area contributed by atoms with Crippen LogP contribution in [0.3, 0.4) is 0 Å². The number of rotatable bonds is 2. The zero-order chi connectivity index (χ0) is 20.4. The molecule has 0 radical (unpaired) electrons. The summed E-state index contributed by atoms with van der Waals surface area (Å²) in [5, 5.41) is 0. The van der Waals surface area contributed by atoms with Gasteiger partial charge in [-0.1, -0.05) is 6.07 Å². The highest BCUT2D eigenvalue weighted by Gasteiger charge is 2.40. The lowest BCUT2D eigenvalue weighted by atomic mass is 10.1. The SMILES string of the molecule is CC(C)(C)OC(=O)N(C(=O)OC(C)(C)C)[C@H]1CCc2cc(N=C=O)ccc21. The summed E-state index contributed by atoms with van der Waals surface area (Å²) in [6.45, 7) is 10.4. The highest BCUT2D eigenvalue weighted by molar-refractivity contribution is 5.89. The first-order valence-corrected chi connectivity index (χ1v) is 8.87. The fraction of sp³-hybridized carbons (Fsp3) is 0.550. The number of hydrogen-bond donors (Lipinski definition) is 0. The van der Waals surface area contributed by atoms with Gasteiger partial charge < -0.3 is 9.47 Å². The third kappa shape index (κ3) is 5.41. The van der Waals surface area contributed by atoms with Crippen LogP contribution in [0, 0.1) is 0 Å². The molecular formula is C20H26N2O5. The average molecular weight is 374 g/mol. The Hall–Kier alpha value is -2.66. The first-order valence-electron chi connectivity index (χ1n) is 8.87. The van der Waals surface area contributed by atoms with Gasteiger partial charge in [0, 0.05) is 0 Å². The van der Waals surface area contributed by atoms with Crippen LogP contribution in [-0.2, 0) is 20.7 Å². The van der Waals surface area contributed by atoms with Crippen LogP contribution in [0.25, 0.3) is 0 Å². The van der Waals surface area contributed by atoms with Crippen LogP contribution in [0.1, 0.15) is 65.1 Å². The molecule has 0 bridgehead atoms. The summed E-state index contributed by atoms with van der Waals surface area (Å²) in [6, 6.07) is 4.69. The lowest BCUT2D eigenvalue weighted by Crippen LogP contribution is -2.45. The number of aryl methyl sites for hydroxylation is 1. The van der Waals surface area contributed by atoms with E-state index in [2.05, 4.69) is 4.99 Å². The van der Waals surface area contributed by atoms with E-state index < -0.39 is 29.4 Å². The predicted octanol–water partition coefficient (Wildman–Crippen LogP) is 4.81. The van der Waals surface area contributed by atoms with Crippen LogP contribution in [0.15, 0.2) is 23.2 Å². The van der Waals surface area contributed by atoms with Crippen molar-refractivity contribution in [3.8, 4) is 0 Å². The van der Waals surface area contributed by atoms with Gasteiger partial charge in [-0.2, -0.15) is 4.99 Å². The molecule has 1 aromatic carbocycles. The first-order chi connectivity index (χ1) is 12.4. The summed E-state index contributed by atoms with van der Waals surface area (Å²) in [6.07, 6.45) is 1.21. The van der Waals surface area contributed by atoms with Crippen molar-refractivity contribution in [2.24, 2.45) is 4.99 Å². The smallest absolute Gasteiger partial charge is 0.420 e. The maximum absolute atomic E-state index is 12.8. The van der Waals surface area contributed by atoms with Crippen molar-refractivity contribution in [2.45, 2.75) is 71.6 Å². The molecular weight excluding hydrogens is 348 g/mol. The lowest BCUT2D eigenvalue weighted by molar-refractivity contribution is -0.00753. The van der Waals surface area contributed by atoms with Crippen LogP contribution < -0.4 is 0 Å². The zero-order valence-corrected chi connectivity index (χ0v) is 16.7. The molecule has 1 aromatic rings. The quantitative estimate of drug-likeness (QED) is 0.547. The molecule has 1 aliphatic rings. The molecule has 7 nitrogen and oxygen atoms in total. The van der Waals surface area contributed by atoms with Gasteiger partial charge in [0.05, 0.1) is 11.7 Å². The second-order valence-electron chi connectivity index (χ2n) is 8.47. The Morgan fingerprint density at radius 1 is 1.07 bits per heavy atom. The van der Waals surface area contributed by atoms with Gasteiger partial charge in [-0.05, 0) is 77.6 Å². The molecule has 1 aliphatic carbocycles. The minimum Gasteiger partial charge on any atom is -0.443 e. The summed E-state index contributed by atoms with van der Waals surface area (Å²) in [5.74, 6) is 0. The molecule has 7 heteroatoms. The average Bonchev–Trinajstić information content (AvgIpc) is 2.87. The summed E-state index contributed by atoms with van der Waals surface area (Å²) < 4.78 is 10.9. The maximum atomic E-state index is 12.8. The summed E-state index contributed by atoms with van der Waals surface area (Å²) in [4.78, 5) is 40.7. The van der Waals surface area contributed by atoms with E-state index in [0.717, 1.165) is 16.0 Å². The first kappa shape index (κ1) is 20.6. The third-order valence-corrected chi connectivity index (χ3v) is 3.84. The Kier molecular flexibility index (Phi) is 5.76. The van der Waals surface area contributed by atoms with Gasteiger partial charge in [0.15, 0.2) is 0 Å². The number of aliphatic imine (C=N–C) groups is 1. The van der Waals surface area contributed by atoms with Crippen molar-refractivity contribution in [2.75, 3.05) is 0 Å². The molecule has 27 heavy (non-hydrogen) atoms. The van der Waals surface area contributed by atoms with Crippen LogP contribution >= 0.6 is 0 Å². The lowest BCUT2D eigenvalue weighted by Gasteiger charge is -2.32. The Morgan fingerprint density at radius 2 is 1.63 bits per heavy atom. The molecule has 0 heterocycles. The van der Waals surface area contributed by atoms with Crippen LogP contribution in [0.4, 0.5) is 15.3 Å². The van der Waals surface area contributed by atoms with Gasteiger partial charge in [-0.25, -0.2) is 19.3 Å². The van der Waals surface area contributed by atoms with Gasteiger partial charge in [0.2, 0.25) is 6.08 Å². The molecule has 0 fully saturated rings. The van der Waals surface area contributed by atoms with E-state index in [1.807, 2.05) is 0 Å². The molecule has 0 N–H and O–H groups in total. The number of hydrogen-bond acceptors (Lipinski definition) is 6. The number of carbonyl (C=O) groups excluding carboxylic acids is 3. The van der Waals surface area contributed by atoms with Crippen molar-refractivity contribution in [3.05, 3.63) is 29.3 Å². The number of amides is 2. The van der Waals surface area contributed by atoms with E-state index in [4.69, 9.17) is 9.47 Å². The molecule has 2 rings (SSSR count). The summed E-state index contributed by atoms with van der Waals surface area (Å²) >= 11 is 0. The van der Waals surface area contributed by atoms with Crippen molar-refractivity contribution >= 4 is 24.0 Å². The molecule has 2 amide bonds. The topological polar surface area (TPSA) is 85.3 Å². The van der Waals surface area contributed by atoms with Crippen LogP contribution in [0.5, 0.6) is 0 Å². The van der Waals surface area contributed by atoms with Gasteiger partial charge in [-0.15, -0.1) is 0 Å². The highest BCUT2D eigenvalue weighted by atomic mass is 16.6. The van der Waals surface area contributed by atoms with Gasteiger partial charge in [0.25, 0.3) is 0 Å². The van der Waals surface area contributed by atoms with E-state index in [9.17, 15) is 14.4 Å². The largest absolute Gasteiger partial charge is 0.443 e. The molecule has 0 spiro atoms. The van der Waals surface area contributed by atoms with Crippen LogP contribution in [-0.4, -0.2) is 34.4 Å². The van der Waals surface area contributed by atoms with Crippen molar-refractivity contribution in [3.63, 3.8) is 0 Å². The molecule has 0 unspecified atom stereocenters. The maximum Gasteiger partial charge on any atom is 0.420 e. The second kappa shape index (κ2) is 7.53. The second-order valence-corrected chi connectivity index (χ2v) is 8.47. The summed E-state index contributed by atoms with van der Waals surface area (Å²) in [7, 11) is 0. The van der Waals surface area contributed by atoms with E-state index >= 15 is 0 Å². The summed E-state index contributed by atoms with van der Waals surface area (Å²) in [5.41, 5.74) is 0.735. The number of carbonyl (C=O) groups is 2. The number of isocyanates is 1. The monoisotopic (exact) mass is 374 g/mol. The molecule has 0 saturated heterocycles. The number of benzene rings is 1. The van der Waals surface area contributed by atoms with Crippen molar-refractivity contribution in [1.82, 2.24) is 4.90 Å². The molecule has 0 aliphatic heterocycles. The van der Waals surface area contributed by atoms with Crippen LogP contribution in [0.2, 0.25) is 0 Å². The molecule has 1 atom stereocenters. The van der Waals surface area contributed by atoms with Gasteiger partial charge in [-0.3, -0.25) is 0 Å². The van der Waals surface area contributed by atoms with Gasteiger partial charge >= 0.3 is 12.2 Å². The molecule has 146 valence electrons. The molecule has 0 saturated carbocycles. The predicted molar refractivity (Wildman–Crippen MR) is 99.6 cm³/mol. The minimum atomic E-state index is -0.749.